The van der Waals surface area contributed by atoms with Crippen LogP contribution in [-0.4, -0.2) is 47.1 Å². The minimum absolute atomic E-state index is 0.289. The lowest BCUT2D eigenvalue weighted by atomic mass is 9.81. The molecular weight excluding hydrogens is 513 g/mol. The van der Waals surface area contributed by atoms with Crippen LogP contribution in [0.25, 0.3) is 0 Å². The summed E-state index contributed by atoms with van der Waals surface area (Å²) in [4.78, 5) is 11.5. The highest BCUT2D eigenvalue weighted by atomic mass is 32.1. The van der Waals surface area contributed by atoms with Gasteiger partial charge in [-0.05, 0) is 74.7 Å². The van der Waals surface area contributed by atoms with Gasteiger partial charge in [0.15, 0.2) is 11.3 Å². The molecule has 3 heterocycles. The maximum atomic E-state index is 12.8. The highest BCUT2D eigenvalue weighted by Gasteiger charge is 2.50. The van der Waals surface area contributed by atoms with Crippen molar-refractivity contribution in [2.24, 2.45) is 9.98 Å². The fraction of sp³-hybridized carbons (Fsp3) is 0.464. The van der Waals surface area contributed by atoms with Crippen molar-refractivity contribution in [1.29, 1.82) is 0 Å². The number of alkyl halides is 3. The number of amidine groups is 1. The molecule has 0 aliphatic carbocycles. The largest absolute Gasteiger partial charge is 0.573 e. The van der Waals surface area contributed by atoms with Gasteiger partial charge in [0.05, 0.1) is 0 Å². The molecule has 3 aliphatic rings. The molecular formula is C28H33F3N4O2S. The molecule has 0 aromatic heterocycles. The van der Waals surface area contributed by atoms with Crippen LogP contribution in [-0.2, 0) is 10.3 Å². The first kappa shape index (κ1) is 28.0. The molecule has 1 saturated heterocycles. The van der Waals surface area contributed by atoms with Gasteiger partial charge < -0.3 is 19.7 Å². The zero-order valence-corrected chi connectivity index (χ0v) is 22.8. The fourth-order valence-corrected chi connectivity index (χ4v) is 5.22. The van der Waals surface area contributed by atoms with E-state index in [1.165, 1.54) is 12.1 Å². The number of nitrogens with zero attached hydrogens (tertiary/aromatic N) is 3. The lowest BCUT2D eigenvalue weighted by Crippen LogP contribution is -2.45. The van der Waals surface area contributed by atoms with E-state index in [1.807, 2.05) is 56.9 Å². The summed E-state index contributed by atoms with van der Waals surface area (Å²) in [5.74, 6) is 0.452. The van der Waals surface area contributed by atoms with Crippen molar-refractivity contribution in [3.05, 3.63) is 65.2 Å². The Bertz CT molecular complexity index is 1210. The van der Waals surface area contributed by atoms with Crippen LogP contribution in [0.5, 0.6) is 5.75 Å². The van der Waals surface area contributed by atoms with Crippen molar-refractivity contribution < 1.29 is 22.6 Å². The van der Waals surface area contributed by atoms with Crippen molar-refractivity contribution in [2.75, 3.05) is 13.1 Å². The Kier molecular flexibility index (Phi) is 8.13. The summed E-state index contributed by atoms with van der Waals surface area (Å²) in [5.41, 5.74) is 0.953. The first-order valence-electron chi connectivity index (χ1n) is 12.9. The summed E-state index contributed by atoms with van der Waals surface area (Å²) in [7, 11) is 0. The molecule has 3 aliphatic heterocycles. The molecule has 1 fully saturated rings. The maximum Gasteiger partial charge on any atom is 0.573 e. The second-order valence-electron chi connectivity index (χ2n) is 9.65. The van der Waals surface area contributed by atoms with E-state index < -0.39 is 23.7 Å². The molecule has 10 heteroatoms. The number of ether oxygens (including phenoxy) is 2. The topological polar surface area (TPSA) is 58.5 Å². The second kappa shape index (κ2) is 11.0. The first-order chi connectivity index (χ1) is 18.1. The van der Waals surface area contributed by atoms with Gasteiger partial charge in [-0.25, -0.2) is 0 Å². The van der Waals surface area contributed by atoms with Crippen LogP contribution in [0.3, 0.4) is 0 Å². The number of hydrogen-bond acceptors (Lipinski definition) is 5. The van der Waals surface area contributed by atoms with Gasteiger partial charge in [-0.1, -0.05) is 44.2 Å². The molecule has 0 spiro atoms. The van der Waals surface area contributed by atoms with Gasteiger partial charge in [0, 0.05) is 24.9 Å². The molecule has 2 aromatic carbocycles. The third-order valence-electron chi connectivity index (χ3n) is 6.49. The summed E-state index contributed by atoms with van der Waals surface area (Å²) >= 11 is 5.75. The highest BCUT2D eigenvalue weighted by Crippen LogP contribution is 2.40. The molecule has 5 rings (SSSR count). The third-order valence-corrected chi connectivity index (χ3v) is 6.82. The smallest absolute Gasteiger partial charge is 0.406 e. The predicted octanol–water partition coefficient (Wildman–Crippen LogP) is 6.51. The zero-order chi connectivity index (χ0) is 27.6. The van der Waals surface area contributed by atoms with Gasteiger partial charge in [-0.2, -0.15) is 0 Å². The van der Waals surface area contributed by atoms with Crippen LogP contribution < -0.4 is 10.1 Å². The van der Waals surface area contributed by atoms with Crippen LogP contribution in [0, 0.1) is 0 Å². The van der Waals surface area contributed by atoms with E-state index in [1.54, 1.807) is 18.3 Å². The molecule has 6 nitrogen and oxygen atoms in total. The molecule has 38 heavy (non-hydrogen) atoms. The fourth-order valence-electron chi connectivity index (χ4n) is 4.89. The van der Waals surface area contributed by atoms with Gasteiger partial charge in [-0.15, -0.1) is 13.2 Å². The van der Waals surface area contributed by atoms with Crippen LogP contribution in [0.2, 0.25) is 0 Å². The monoisotopic (exact) mass is 546 g/mol. The summed E-state index contributed by atoms with van der Waals surface area (Å²) < 4.78 is 48.6. The molecule has 1 N–H and O–H groups in total. The Hall–Kier alpha value is -2.98. The third kappa shape index (κ3) is 5.71. The van der Waals surface area contributed by atoms with E-state index in [9.17, 15) is 13.2 Å². The van der Waals surface area contributed by atoms with Crippen molar-refractivity contribution in [1.82, 2.24) is 10.2 Å². The number of thiocarbonyl (C=S) groups is 1. The van der Waals surface area contributed by atoms with Crippen LogP contribution in [0.1, 0.15) is 69.9 Å². The Morgan fingerprint density at radius 3 is 2.45 bits per heavy atom. The van der Waals surface area contributed by atoms with Crippen LogP contribution in [0.4, 0.5) is 13.2 Å². The number of fused-ring (bicyclic) bond motifs is 1. The summed E-state index contributed by atoms with van der Waals surface area (Å²) in [6, 6.07) is 13.7. The zero-order valence-electron chi connectivity index (χ0n) is 22.0. The predicted molar refractivity (Wildman–Crippen MR) is 147 cm³/mol. The van der Waals surface area contributed by atoms with Crippen LogP contribution >= 0.6 is 12.2 Å². The Morgan fingerprint density at radius 1 is 1.05 bits per heavy atom. The van der Waals surface area contributed by atoms with Gasteiger partial charge in [0.2, 0.25) is 0 Å². The van der Waals surface area contributed by atoms with Gasteiger partial charge in [0.25, 0.3) is 0 Å². The van der Waals surface area contributed by atoms with E-state index >= 15 is 0 Å². The molecule has 0 amide bonds. The maximum absolute atomic E-state index is 12.8. The molecule has 0 bridgehead atoms. The number of nitrogens with one attached hydrogen (secondary N) is 1. The van der Waals surface area contributed by atoms with E-state index in [0.29, 0.717) is 23.8 Å². The number of aliphatic imine (C=N–C) groups is 2. The average Bonchev–Trinajstić information content (AvgIpc) is 3.36. The van der Waals surface area contributed by atoms with Gasteiger partial charge >= 0.3 is 6.36 Å². The standard InChI is InChI=1S/C26H27F3N4O2S.C2H6/c1-24(2)16-31-21(35-24)17-7-6-8-19(15-17)25(18-9-11-20(12-10-18)34-26(27,28)29)22-30-13-4-3-5-14-33(22)23(36)32-25;1-2/h6-12,15-16,21H,3-5,13-14H2,1-2H3,(H,32,36);1-2H3. The van der Waals surface area contributed by atoms with E-state index in [4.69, 9.17) is 21.9 Å². The average molecular weight is 547 g/mol. The quantitative estimate of drug-likeness (QED) is 0.444. The van der Waals surface area contributed by atoms with E-state index in [0.717, 1.165) is 36.2 Å². The first-order valence-corrected chi connectivity index (χ1v) is 13.3. The number of rotatable bonds is 4. The van der Waals surface area contributed by atoms with E-state index in [-0.39, 0.29) is 5.75 Å². The van der Waals surface area contributed by atoms with Crippen molar-refractivity contribution >= 4 is 29.4 Å². The van der Waals surface area contributed by atoms with E-state index in [2.05, 4.69) is 15.0 Å². The van der Waals surface area contributed by atoms with Gasteiger partial charge in [0.1, 0.15) is 22.7 Å². The summed E-state index contributed by atoms with van der Waals surface area (Å²) in [6.45, 7) is 9.25. The molecule has 204 valence electrons. The van der Waals surface area contributed by atoms with Gasteiger partial charge in [-0.3, -0.25) is 9.98 Å². The normalized spacial score (nSPS) is 24.4. The number of benzene rings is 2. The minimum Gasteiger partial charge on any atom is -0.406 e. The van der Waals surface area contributed by atoms with Crippen molar-refractivity contribution in [3.8, 4) is 5.75 Å². The van der Waals surface area contributed by atoms with Crippen molar-refractivity contribution in [2.45, 2.75) is 70.7 Å². The Morgan fingerprint density at radius 2 is 1.79 bits per heavy atom. The highest BCUT2D eigenvalue weighted by molar-refractivity contribution is 7.80. The van der Waals surface area contributed by atoms with Crippen molar-refractivity contribution in [3.63, 3.8) is 0 Å². The Balaban J connectivity index is 0.00000164. The van der Waals surface area contributed by atoms with Crippen LogP contribution in [0.15, 0.2) is 58.5 Å². The molecule has 0 radical (unpaired) electrons. The number of hydrogen-bond donors (Lipinski definition) is 1. The molecule has 0 saturated carbocycles. The summed E-state index contributed by atoms with van der Waals surface area (Å²) in [6.07, 6.45) is -0.454. The number of halogens is 3. The summed E-state index contributed by atoms with van der Waals surface area (Å²) in [5, 5.41) is 4.02. The Labute approximate surface area is 226 Å². The SMILES string of the molecule is CC.CC1(C)C=NC(c2cccc(C3(c4ccc(OC(F)(F)F)cc4)NC(=S)N4CCCCCN=C43)c2)O1. The molecule has 2 unspecified atom stereocenters. The lowest BCUT2D eigenvalue weighted by Gasteiger charge is -2.33. The molecule has 2 aromatic rings. The lowest BCUT2D eigenvalue weighted by molar-refractivity contribution is -0.274. The minimum atomic E-state index is -4.77. The second-order valence-corrected chi connectivity index (χ2v) is 10.0. The molecule has 2 atom stereocenters.